The summed E-state index contributed by atoms with van der Waals surface area (Å²) in [6, 6.07) is 0. The Kier molecular flexibility index (Phi) is 3.08. The van der Waals surface area contributed by atoms with Gasteiger partial charge in [0.05, 0.1) is 6.10 Å². The van der Waals surface area contributed by atoms with E-state index in [4.69, 9.17) is 0 Å². The first-order chi connectivity index (χ1) is 10.8. The number of allylic oxidation sites excluding steroid dienone is 4. The van der Waals surface area contributed by atoms with Gasteiger partial charge in [0.2, 0.25) is 0 Å². The standard InChI is InChI=1S/C19H24O4/c1-18-6-5-11(20)7-10(18)3-4-12-13-8-14(21)17(23)19(13,2)9-15(22)16(12)18/h5-7,12-16,21-22H,3-4,8-9H2,1-2H3/t12-,13-,14+,15-,16+,18-,19-/m0/s1. The van der Waals surface area contributed by atoms with Gasteiger partial charge in [0, 0.05) is 16.7 Å². The fraction of sp³-hybridized carbons (Fsp3) is 0.684. The van der Waals surface area contributed by atoms with Crippen molar-refractivity contribution in [2.24, 2.45) is 28.6 Å². The highest BCUT2D eigenvalue weighted by Crippen LogP contribution is 2.63. The van der Waals surface area contributed by atoms with Gasteiger partial charge in [-0.2, -0.15) is 0 Å². The van der Waals surface area contributed by atoms with Gasteiger partial charge in [0.1, 0.15) is 6.10 Å². The predicted molar refractivity (Wildman–Crippen MR) is 84.4 cm³/mol. The van der Waals surface area contributed by atoms with E-state index in [0.29, 0.717) is 12.8 Å². The first-order valence-electron chi connectivity index (χ1n) is 8.62. The minimum absolute atomic E-state index is 0.0167. The van der Waals surface area contributed by atoms with Crippen LogP contribution in [0.25, 0.3) is 0 Å². The molecule has 4 rings (SSSR count). The molecule has 4 aliphatic carbocycles. The molecule has 4 heteroatoms. The van der Waals surface area contributed by atoms with Gasteiger partial charge in [-0.05, 0) is 49.7 Å². The van der Waals surface area contributed by atoms with E-state index in [2.05, 4.69) is 6.92 Å². The molecule has 0 spiro atoms. The van der Waals surface area contributed by atoms with Crippen molar-refractivity contribution in [3.8, 4) is 0 Å². The van der Waals surface area contributed by atoms with Crippen LogP contribution in [-0.2, 0) is 9.59 Å². The van der Waals surface area contributed by atoms with Gasteiger partial charge in [-0.25, -0.2) is 0 Å². The second kappa shape index (κ2) is 4.64. The Hall–Kier alpha value is -1.26. The highest BCUT2D eigenvalue weighted by Gasteiger charge is 2.63. The maximum Gasteiger partial charge on any atom is 0.178 e. The Labute approximate surface area is 136 Å². The molecule has 0 aromatic rings. The Morgan fingerprint density at radius 1 is 1.22 bits per heavy atom. The largest absolute Gasteiger partial charge is 0.393 e. The first kappa shape index (κ1) is 15.3. The van der Waals surface area contributed by atoms with Crippen molar-refractivity contribution in [2.75, 3.05) is 0 Å². The van der Waals surface area contributed by atoms with E-state index < -0.39 is 17.6 Å². The number of aliphatic hydroxyl groups excluding tert-OH is 2. The van der Waals surface area contributed by atoms with Crippen LogP contribution < -0.4 is 0 Å². The summed E-state index contributed by atoms with van der Waals surface area (Å²) in [5.74, 6) is 0.286. The number of rotatable bonds is 0. The molecule has 0 aromatic carbocycles. The van der Waals surface area contributed by atoms with Crippen LogP contribution in [0.1, 0.15) is 39.5 Å². The Bertz CT molecular complexity index is 648. The molecule has 0 amide bonds. The summed E-state index contributed by atoms with van der Waals surface area (Å²) in [5, 5.41) is 21.0. The molecule has 0 aromatic heterocycles. The molecular formula is C19H24O4. The van der Waals surface area contributed by atoms with Crippen molar-refractivity contribution >= 4 is 11.6 Å². The summed E-state index contributed by atoms with van der Waals surface area (Å²) in [5.41, 5.74) is 0.193. The molecule has 0 saturated heterocycles. The molecule has 4 nitrogen and oxygen atoms in total. The minimum atomic E-state index is -0.885. The van der Waals surface area contributed by atoms with E-state index in [1.54, 1.807) is 12.2 Å². The molecule has 0 heterocycles. The summed E-state index contributed by atoms with van der Waals surface area (Å²) in [6.07, 6.45) is 6.47. The third kappa shape index (κ3) is 1.85. The average molecular weight is 316 g/mol. The van der Waals surface area contributed by atoms with Gasteiger partial charge in [-0.3, -0.25) is 9.59 Å². The first-order valence-corrected chi connectivity index (χ1v) is 8.62. The lowest BCUT2D eigenvalue weighted by molar-refractivity contribution is -0.145. The molecule has 4 aliphatic rings. The fourth-order valence-corrected chi connectivity index (χ4v) is 6.12. The maximum absolute atomic E-state index is 12.5. The van der Waals surface area contributed by atoms with E-state index in [0.717, 1.165) is 18.4 Å². The SMILES string of the molecule is C[C@]12C=CC(=O)C=C1CC[C@@H]1[C@@H]2[C@@H](O)C[C@]2(C)C(=O)[C@H](O)C[C@@H]12. The Morgan fingerprint density at radius 3 is 2.70 bits per heavy atom. The molecular weight excluding hydrogens is 292 g/mol. The fourth-order valence-electron chi connectivity index (χ4n) is 6.12. The Morgan fingerprint density at radius 2 is 1.96 bits per heavy atom. The molecule has 7 atom stereocenters. The maximum atomic E-state index is 12.5. The second-order valence-electron chi connectivity index (χ2n) is 8.33. The quantitative estimate of drug-likeness (QED) is 0.715. The van der Waals surface area contributed by atoms with Crippen molar-refractivity contribution in [3.05, 3.63) is 23.8 Å². The van der Waals surface area contributed by atoms with Crippen LogP contribution in [0.3, 0.4) is 0 Å². The number of ketones is 2. The molecule has 0 unspecified atom stereocenters. The predicted octanol–water partition coefficient (Wildman–Crippen LogP) is 1.80. The highest BCUT2D eigenvalue weighted by molar-refractivity contribution is 6.01. The van der Waals surface area contributed by atoms with Crippen LogP contribution in [0.2, 0.25) is 0 Å². The van der Waals surface area contributed by atoms with E-state index >= 15 is 0 Å². The van der Waals surface area contributed by atoms with Crippen molar-refractivity contribution in [1.82, 2.24) is 0 Å². The topological polar surface area (TPSA) is 74.6 Å². The molecule has 2 N–H and O–H groups in total. The van der Waals surface area contributed by atoms with Gasteiger partial charge >= 0.3 is 0 Å². The molecule has 124 valence electrons. The number of aliphatic hydroxyl groups is 2. The van der Waals surface area contributed by atoms with Crippen LogP contribution in [0.15, 0.2) is 23.8 Å². The number of carbonyl (C=O) groups is 2. The third-order valence-electron chi connectivity index (χ3n) is 7.23. The minimum Gasteiger partial charge on any atom is -0.393 e. The molecule has 23 heavy (non-hydrogen) atoms. The van der Waals surface area contributed by atoms with Crippen LogP contribution >= 0.6 is 0 Å². The van der Waals surface area contributed by atoms with Crippen molar-refractivity contribution in [3.63, 3.8) is 0 Å². The zero-order chi connectivity index (χ0) is 16.6. The van der Waals surface area contributed by atoms with E-state index in [1.165, 1.54) is 0 Å². The number of hydrogen-bond donors (Lipinski definition) is 2. The lowest BCUT2D eigenvalue weighted by Gasteiger charge is -2.57. The number of fused-ring (bicyclic) bond motifs is 5. The summed E-state index contributed by atoms with van der Waals surface area (Å²) < 4.78 is 0. The number of carbonyl (C=O) groups excluding carboxylic acids is 2. The summed E-state index contributed by atoms with van der Waals surface area (Å²) >= 11 is 0. The van der Waals surface area contributed by atoms with Crippen molar-refractivity contribution in [1.29, 1.82) is 0 Å². The molecule has 0 aliphatic heterocycles. The van der Waals surface area contributed by atoms with Gasteiger partial charge in [-0.1, -0.05) is 25.5 Å². The van der Waals surface area contributed by atoms with Crippen molar-refractivity contribution < 1.29 is 19.8 Å². The Balaban J connectivity index is 1.77. The molecule has 0 bridgehead atoms. The van der Waals surface area contributed by atoms with Crippen LogP contribution in [0.5, 0.6) is 0 Å². The summed E-state index contributed by atoms with van der Waals surface area (Å²) in [7, 11) is 0. The van der Waals surface area contributed by atoms with E-state index in [-0.39, 0.29) is 34.7 Å². The van der Waals surface area contributed by atoms with Crippen LogP contribution in [0.4, 0.5) is 0 Å². The lowest BCUT2D eigenvalue weighted by Crippen LogP contribution is -2.56. The zero-order valence-corrected chi connectivity index (χ0v) is 13.7. The average Bonchev–Trinajstić information content (AvgIpc) is 2.71. The second-order valence-corrected chi connectivity index (χ2v) is 8.33. The highest BCUT2D eigenvalue weighted by atomic mass is 16.3. The number of hydrogen-bond acceptors (Lipinski definition) is 4. The van der Waals surface area contributed by atoms with Gasteiger partial charge in [-0.15, -0.1) is 0 Å². The number of Topliss-reactive ketones (excluding diaryl/α,β-unsaturated/α-hetero) is 1. The van der Waals surface area contributed by atoms with Crippen LogP contribution in [0, 0.1) is 28.6 Å². The third-order valence-corrected chi connectivity index (χ3v) is 7.23. The normalized spacial score (nSPS) is 51.8. The zero-order valence-electron chi connectivity index (χ0n) is 13.7. The van der Waals surface area contributed by atoms with E-state index in [9.17, 15) is 19.8 Å². The smallest absolute Gasteiger partial charge is 0.178 e. The van der Waals surface area contributed by atoms with Gasteiger partial charge in [0.15, 0.2) is 11.6 Å². The summed E-state index contributed by atoms with van der Waals surface area (Å²) in [4.78, 5) is 24.2. The molecule has 0 radical (unpaired) electrons. The van der Waals surface area contributed by atoms with Gasteiger partial charge in [0.25, 0.3) is 0 Å². The van der Waals surface area contributed by atoms with Crippen molar-refractivity contribution in [2.45, 2.75) is 51.7 Å². The molecule has 3 saturated carbocycles. The van der Waals surface area contributed by atoms with Gasteiger partial charge < -0.3 is 10.2 Å². The van der Waals surface area contributed by atoms with E-state index in [1.807, 2.05) is 13.0 Å². The monoisotopic (exact) mass is 316 g/mol. The molecule has 3 fully saturated rings. The lowest BCUT2D eigenvalue weighted by atomic mass is 9.47. The van der Waals surface area contributed by atoms with Crippen LogP contribution in [-0.4, -0.2) is 34.0 Å². The summed E-state index contributed by atoms with van der Waals surface area (Å²) in [6.45, 7) is 4.03.